The first-order valence-corrected chi connectivity index (χ1v) is 6.61. The molecule has 0 saturated carbocycles. The lowest BCUT2D eigenvalue weighted by molar-refractivity contribution is 0.627. The molecule has 1 aromatic carbocycles. The third-order valence-electron chi connectivity index (χ3n) is 3.14. The Kier molecular flexibility index (Phi) is 3.39. The van der Waals surface area contributed by atoms with E-state index >= 15 is 0 Å². The Balaban J connectivity index is 1.97. The van der Waals surface area contributed by atoms with Crippen molar-refractivity contribution in [1.82, 2.24) is 9.78 Å². The molecule has 21 heavy (non-hydrogen) atoms. The van der Waals surface area contributed by atoms with Gasteiger partial charge in [0.15, 0.2) is 5.82 Å². The van der Waals surface area contributed by atoms with E-state index < -0.39 is 0 Å². The standard InChI is InChI=1S/C16H14FN3O/c1-11-7-16(21)20(19-11)15-10-13(5-6-18-15)8-12-3-2-4-14(17)9-12/h2-4,6-10,19H,5H2,1H3. The van der Waals surface area contributed by atoms with Crippen LogP contribution in [-0.4, -0.2) is 16.0 Å². The van der Waals surface area contributed by atoms with Crippen molar-refractivity contribution in [2.75, 3.05) is 0 Å². The predicted molar refractivity (Wildman–Crippen MR) is 81.5 cm³/mol. The highest BCUT2D eigenvalue weighted by molar-refractivity contribution is 5.77. The molecular formula is C16H14FN3O. The molecule has 5 heteroatoms. The fourth-order valence-electron chi connectivity index (χ4n) is 2.22. The average molecular weight is 283 g/mol. The van der Waals surface area contributed by atoms with Crippen LogP contribution in [0.4, 0.5) is 4.39 Å². The number of hydrogen-bond acceptors (Lipinski definition) is 2. The van der Waals surface area contributed by atoms with Crippen LogP contribution >= 0.6 is 0 Å². The molecule has 106 valence electrons. The summed E-state index contributed by atoms with van der Waals surface area (Å²) >= 11 is 0. The Bertz CT molecular complexity index is 824. The van der Waals surface area contributed by atoms with Crippen molar-refractivity contribution in [2.45, 2.75) is 13.3 Å². The quantitative estimate of drug-likeness (QED) is 0.905. The number of H-pyrrole nitrogens is 1. The number of halogens is 1. The first-order valence-electron chi connectivity index (χ1n) is 6.61. The van der Waals surface area contributed by atoms with Gasteiger partial charge in [-0.1, -0.05) is 18.2 Å². The Morgan fingerprint density at radius 3 is 2.95 bits per heavy atom. The van der Waals surface area contributed by atoms with Crippen molar-refractivity contribution in [3.05, 3.63) is 69.4 Å². The molecule has 0 fully saturated rings. The van der Waals surface area contributed by atoms with Gasteiger partial charge >= 0.3 is 0 Å². The molecule has 1 N–H and O–H groups in total. The first-order chi connectivity index (χ1) is 10.1. The number of allylic oxidation sites excluding steroid dienone is 2. The number of nitrogens with one attached hydrogen (secondary N) is 1. The van der Waals surface area contributed by atoms with Crippen LogP contribution in [0, 0.1) is 12.7 Å². The highest BCUT2D eigenvalue weighted by Gasteiger charge is 2.09. The number of aryl methyl sites for hydroxylation is 1. The summed E-state index contributed by atoms with van der Waals surface area (Å²) in [6.07, 6.45) is 6.09. The van der Waals surface area contributed by atoms with Gasteiger partial charge in [-0.3, -0.25) is 9.89 Å². The number of benzene rings is 1. The average Bonchev–Trinajstić information content (AvgIpc) is 2.78. The zero-order valence-corrected chi connectivity index (χ0v) is 11.5. The third-order valence-corrected chi connectivity index (χ3v) is 3.14. The van der Waals surface area contributed by atoms with Gasteiger partial charge in [-0.05, 0) is 36.3 Å². The van der Waals surface area contributed by atoms with Crippen LogP contribution in [-0.2, 0) is 0 Å². The van der Waals surface area contributed by atoms with Gasteiger partial charge in [-0.15, -0.1) is 0 Å². The smallest absolute Gasteiger partial charge is 0.272 e. The van der Waals surface area contributed by atoms with Crippen molar-refractivity contribution in [1.29, 1.82) is 0 Å². The molecule has 0 bridgehead atoms. The topological polar surface area (TPSA) is 50.1 Å². The van der Waals surface area contributed by atoms with Crippen LogP contribution in [0.1, 0.15) is 17.7 Å². The van der Waals surface area contributed by atoms with Gasteiger partial charge in [-0.2, -0.15) is 0 Å². The molecule has 0 amide bonds. The van der Waals surface area contributed by atoms with E-state index in [1.165, 1.54) is 22.9 Å². The Labute approximate surface area is 120 Å². The number of rotatable bonds is 2. The fourth-order valence-corrected chi connectivity index (χ4v) is 2.22. The van der Waals surface area contributed by atoms with E-state index in [0.29, 0.717) is 12.2 Å². The van der Waals surface area contributed by atoms with Crippen molar-refractivity contribution in [3.8, 4) is 0 Å². The summed E-state index contributed by atoms with van der Waals surface area (Å²) in [4.78, 5) is 16.0. The molecular weight excluding hydrogens is 269 g/mol. The molecule has 0 spiro atoms. The van der Waals surface area contributed by atoms with Crippen molar-refractivity contribution in [2.24, 2.45) is 4.99 Å². The van der Waals surface area contributed by atoms with Crippen LogP contribution in [0.5, 0.6) is 0 Å². The minimum absolute atomic E-state index is 0.150. The molecule has 1 aromatic heterocycles. The van der Waals surface area contributed by atoms with Gasteiger partial charge in [-0.25, -0.2) is 14.1 Å². The lowest BCUT2D eigenvalue weighted by Gasteiger charge is -2.09. The number of aromatic nitrogens is 2. The summed E-state index contributed by atoms with van der Waals surface area (Å²) in [7, 11) is 0. The number of aromatic amines is 1. The zero-order chi connectivity index (χ0) is 14.8. The predicted octanol–water partition coefficient (Wildman–Crippen LogP) is 2.98. The number of aliphatic imine (C=N–C) groups is 1. The normalized spacial score (nSPS) is 16.3. The highest BCUT2D eigenvalue weighted by atomic mass is 19.1. The van der Waals surface area contributed by atoms with Gasteiger partial charge in [0.1, 0.15) is 5.82 Å². The van der Waals surface area contributed by atoms with E-state index in [2.05, 4.69) is 10.1 Å². The molecule has 4 nitrogen and oxygen atoms in total. The second-order valence-electron chi connectivity index (χ2n) is 4.91. The second kappa shape index (κ2) is 5.36. The van der Waals surface area contributed by atoms with E-state index in [9.17, 15) is 9.18 Å². The summed E-state index contributed by atoms with van der Waals surface area (Å²) in [6, 6.07) is 7.90. The van der Waals surface area contributed by atoms with E-state index in [0.717, 1.165) is 16.8 Å². The second-order valence-corrected chi connectivity index (χ2v) is 4.91. The first kappa shape index (κ1) is 13.3. The van der Waals surface area contributed by atoms with E-state index in [-0.39, 0.29) is 11.4 Å². The minimum Gasteiger partial charge on any atom is -0.294 e. The van der Waals surface area contributed by atoms with E-state index in [1.807, 2.05) is 25.1 Å². The highest BCUT2D eigenvalue weighted by Crippen LogP contribution is 2.19. The number of nitrogens with zero attached hydrogens (tertiary/aromatic N) is 2. The molecule has 1 aliphatic heterocycles. The van der Waals surface area contributed by atoms with Crippen LogP contribution in [0.3, 0.4) is 0 Å². The van der Waals surface area contributed by atoms with Gasteiger partial charge in [0.05, 0.1) is 0 Å². The Hall–Kier alpha value is -2.69. The largest absolute Gasteiger partial charge is 0.294 e. The van der Waals surface area contributed by atoms with Crippen LogP contribution in [0.25, 0.3) is 11.9 Å². The van der Waals surface area contributed by atoms with Crippen molar-refractivity contribution >= 4 is 18.1 Å². The molecule has 0 atom stereocenters. The molecule has 0 unspecified atom stereocenters. The molecule has 1 aliphatic rings. The van der Waals surface area contributed by atoms with Crippen molar-refractivity contribution < 1.29 is 4.39 Å². The summed E-state index contributed by atoms with van der Waals surface area (Å²) in [6.45, 7) is 1.81. The summed E-state index contributed by atoms with van der Waals surface area (Å²) in [5.74, 6) is 0.260. The number of hydrogen-bond donors (Lipinski definition) is 1. The van der Waals surface area contributed by atoms with Gasteiger partial charge in [0, 0.05) is 24.4 Å². The van der Waals surface area contributed by atoms with Crippen molar-refractivity contribution in [3.63, 3.8) is 0 Å². The Morgan fingerprint density at radius 2 is 2.24 bits per heavy atom. The van der Waals surface area contributed by atoms with Gasteiger partial charge in [0.25, 0.3) is 5.56 Å². The summed E-state index contributed by atoms with van der Waals surface area (Å²) in [5.41, 5.74) is 2.37. The molecule has 0 aliphatic carbocycles. The summed E-state index contributed by atoms with van der Waals surface area (Å²) < 4.78 is 14.6. The van der Waals surface area contributed by atoms with Crippen LogP contribution in [0.15, 0.2) is 51.8 Å². The Morgan fingerprint density at radius 1 is 1.38 bits per heavy atom. The van der Waals surface area contributed by atoms with Crippen LogP contribution < -0.4 is 5.56 Å². The third kappa shape index (κ3) is 2.91. The van der Waals surface area contributed by atoms with Gasteiger partial charge < -0.3 is 0 Å². The molecule has 0 radical (unpaired) electrons. The molecule has 3 rings (SSSR count). The summed E-state index contributed by atoms with van der Waals surface area (Å²) in [5, 5.41) is 2.94. The van der Waals surface area contributed by atoms with E-state index in [1.54, 1.807) is 12.3 Å². The molecule has 0 saturated heterocycles. The molecule has 2 heterocycles. The zero-order valence-electron chi connectivity index (χ0n) is 11.5. The SMILES string of the molecule is Cc1cc(=O)n(C2=CC(=Cc3cccc(F)c3)CC=N2)[nH]1. The maximum Gasteiger partial charge on any atom is 0.272 e. The minimum atomic E-state index is -0.269. The van der Waals surface area contributed by atoms with Crippen LogP contribution in [0.2, 0.25) is 0 Å². The fraction of sp³-hybridized carbons (Fsp3) is 0.125. The maximum absolute atomic E-state index is 13.2. The molecule has 2 aromatic rings. The van der Waals surface area contributed by atoms with E-state index in [4.69, 9.17) is 0 Å². The maximum atomic E-state index is 13.2. The van der Waals surface area contributed by atoms with Gasteiger partial charge in [0.2, 0.25) is 0 Å². The monoisotopic (exact) mass is 283 g/mol. The lowest BCUT2D eigenvalue weighted by atomic mass is 10.1. The lowest BCUT2D eigenvalue weighted by Crippen LogP contribution is -2.15.